The summed E-state index contributed by atoms with van der Waals surface area (Å²) in [5.74, 6) is -2.21. The lowest BCUT2D eigenvalue weighted by Gasteiger charge is -2.16. The molecule has 0 saturated carbocycles. The summed E-state index contributed by atoms with van der Waals surface area (Å²) < 4.78 is 4.74. The molecule has 0 bridgehead atoms. The van der Waals surface area contributed by atoms with Gasteiger partial charge >= 0.3 is 5.97 Å². The average Bonchev–Trinajstić information content (AvgIpc) is 2.18. The Morgan fingerprint density at radius 3 is 2.60 bits per heavy atom. The van der Waals surface area contributed by atoms with E-state index in [1.165, 1.54) is 7.05 Å². The van der Waals surface area contributed by atoms with Crippen molar-refractivity contribution < 1.29 is 19.5 Å². The predicted octanol–water partition coefficient (Wildman–Crippen LogP) is 0.979. The number of carbonyl (C=O) groups is 2. The molecule has 0 spiro atoms. The van der Waals surface area contributed by atoms with Crippen molar-refractivity contribution in [3.8, 4) is 0 Å². The molecule has 0 aromatic carbocycles. The molecule has 0 rings (SSSR count). The number of esters is 1. The first-order chi connectivity index (χ1) is 7.04. The second-order valence-electron chi connectivity index (χ2n) is 3.03. The zero-order valence-electron chi connectivity index (χ0n) is 9.10. The molecule has 1 unspecified atom stereocenters. The van der Waals surface area contributed by atoms with Crippen molar-refractivity contribution in [3.63, 3.8) is 0 Å². The largest absolute Gasteiger partial charge is 0.465 e. The summed E-state index contributed by atoms with van der Waals surface area (Å²) >= 11 is 0. The summed E-state index contributed by atoms with van der Waals surface area (Å²) in [6.07, 6.45) is 2.42. The van der Waals surface area contributed by atoms with Crippen molar-refractivity contribution >= 4 is 11.9 Å². The van der Waals surface area contributed by atoms with E-state index in [2.05, 4.69) is 6.58 Å². The Morgan fingerprint density at radius 2 is 2.20 bits per heavy atom. The number of hydrogen-bond acceptors (Lipinski definition) is 4. The monoisotopic (exact) mass is 215 g/mol. The Morgan fingerprint density at radius 1 is 1.60 bits per heavy atom. The lowest BCUT2D eigenvalue weighted by atomic mass is 10.0. The summed E-state index contributed by atoms with van der Waals surface area (Å²) in [5, 5.41) is 9.37. The van der Waals surface area contributed by atoms with Gasteiger partial charge in [-0.25, -0.2) is 5.06 Å². The number of carbonyl (C=O) groups excluding carboxylic acids is 2. The first-order valence-electron chi connectivity index (χ1n) is 4.78. The number of rotatable bonds is 6. The summed E-state index contributed by atoms with van der Waals surface area (Å²) in [5.41, 5.74) is 0. The molecule has 1 N–H and O–H groups in total. The van der Waals surface area contributed by atoms with Crippen molar-refractivity contribution in [1.82, 2.24) is 5.06 Å². The van der Waals surface area contributed by atoms with Crippen LogP contribution >= 0.6 is 0 Å². The number of hydrogen-bond donors (Lipinski definition) is 1. The standard InChI is InChI=1S/C10H17NO4/c1-4-6-7-8(9(12)11(3)14)10(13)15-5-2/h4,8,14H,1,5-7H2,2-3H3. The minimum Gasteiger partial charge on any atom is -0.465 e. The summed E-state index contributed by atoms with van der Waals surface area (Å²) in [4.78, 5) is 22.8. The lowest BCUT2D eigenvalue weighted by molar-refractivity contribution is -0.172. The Kier molecular flexibility index (Phi) is 6.37. The molecule has 0 aliphatic rings. The third-order valence-electron chi connectivity index (χ3n) is 1.85. The molecule has 0 heterocycles. The van der Waals surface area contributed by atoms with Crippen LogP contribution in [0.25, 0.3) is 0 Å². The van der Waals surface area contributed by atoms with Crippen molar-refractivity contribution in [3.05, 3.63) is 12.7 Å². The number of allylic oxidation sites excluding steroid dienone is 1. The van der Waals surface area contributed by atoms with Crippen LogP contribution in [0.5, 0.6) is 0 Å². The molecule has 0 aliphatic carbocycles. The van der Waals surface area contributed by atoms with E-state index < -0.39 is 17.8 Å². The molecule has 5 heteroatoms. The van der Waals surface area contributed by atoms with Crippen LogP contribution in [0.2, 0.25) is 0 Å². The highest BCUT2D eigenvalue weighted by Gasteiger charge is 2.29. The van der Waals surface area contributed by atoms with Gasteiger partial charge in [0.05, 0.1) is 6.61 Å². The minimum absolute atomic E-state index is 0.214. The van der Waals surface area contributed by atoms with Crippen molar-refractivity contribution in [2.45, 2.75) is 19.8 Å². The molecular formula is C10H17NO4. The number of hydroxylamine groups is 2. The van der Waals surface area contributed by atoms with E-state index in [0.29, 0.717) is 17.9 Å². The van der Waals surface area contributed by atoms with E-state index in [1.54, 1.807) is 13.0 Å². The Hall–Kier alpha value is -1.36. The summed E-state index contributed by atoms with van der Waals surface area (Å²) in [7, 11) is 1.18. The van der Waals surface area contributed by atoms with Gasteiger partial charge in [-0.2, -0.15) is 0 Å². The molecule has 0 aromatic rings. The van der Waals surface area contributed by atoms with Crippen LogP contribution in [0.1, 0.15) is 19.8 Å². The highest BCUT2D eigenvalue weighted by atomic mass is 16.5. The second kappa shape index (κ2) is 7.00. The van der Waals surface area contributed by atoms with E-state index >= 15 is 0 Å². The van der Waals surface area contributed by atoms with Gasteiger partial charge in [0.2, 0.25) is 0 Å². The van der Waals surface area contributed by atoms with Crippen molar-refractivity contribution in [2.75, 3.05) is 13.7 Å². The van der Waals surface area contributed by atoms with Crippen LogP contribution in [0.4, 0.5) is 0 Å². The highest BCUT2D eigenvalue weighted by Crippen LogP contribution is 2.12. The first kappa shape index (κ1) is 13.6. The normalized spacial score (nSPS) is 11.7. The third-order valence-corrected chi connectivity index (χ3v) is 1.85. The average molecular weight is 215 g/mol. The third kappa shape index (κ3) is 4.60. The molecule has 0 aromatic heterocycles. The molecule has 0 aliphatic heterocycles. The maximum absolute atomic E-state index is 11.4. The van der Waals surface area contributed by atoms with E-state index in [9.17, 15) is 9.59 Å². The molecule has 15 heavy (non-hydrogen) atoms. The predicted molar refractivity (Wildman–Crippen MR) is 54.1 cm³/mol. The number of amides is 1. The first-order valence-corrected chi connectivity index (χ1v) is 4.78. The van der Waals surface area contributed by atoms with Gasteiger partial charge in [-0.1, -0.05) is 6.08 Å². The zero-order chi connectivity index (χ0) is 11.8. The van der Waals surface area contributed by atoms with Gasteiger partial charge in [0.25, 0.3) is 5.91 Å². The smallest absolute Gasteiger partial charge is 0.318 e. The van der Waals surface area contributed by atoms with Crippen LogP contribution in [-0.2, 0) is 14.3 Å². The Labute approximate surface area is 89.3 Å². The van der Waals surface area contributed by atoms with Crippen LogP contribution < -0.4 is 0 Å². The summed E-state index contributed by atoms with van der Waals surface area (Å²) in [6.45, 7) is 5.38. The fourth-order valence-corrected chi connectivity index (χ4v) is 1.10. The van der Waals surface area contributed by atoms with E-state index in [-0.39, 0.29) is 6.61 Å². The SMILES string of the molecule is C=CCCC(C(=O)OCC)C(=O)N(C)O. The van der Waals surface area contributed by atoms with Crippen molar-refractivity contribution in [2.24, 2.45) is 5.92 Å². The quantitative estimate of drug-likeness (QED) is 0.236. The molecule has 5 nitrogen and oxygen atoms in total. The maximum atomic E-state index is 11.4. The lowest BCUT2D eigenvalue weighted by Crippen LogP contribution is -2.35. The Balaban J connectivity index is 4.48. The second-order valence-corrected chi connectivity index (χ2v) is 3.03. The van der Waals surface area contributed by atoms with Crippen LogP contribution in [0.15, 0.2) is 12.7 Å². The maximum Gasteiger partial charge on any atom is 0.318 e. The van der Waals surface area contributed by atoms with E-state index in [1.807, 2.05) is 0 Å². The van der Waals surface area contributed by atoms with E-state index in [0.717, 1.165) is 0 Å². The molecule has 0 saturated heterocycles. The molecule has 1 amide bonds. The molecule has 86 valence electrons. The Bertz CT molecular complexity index is 238. The molecule has 0 fully saturated rings. The number of nitrogens with zero attached hydrogens (tertiary/aromatic N) is 1. The summed E-state index contributed by atoms with van der Waals surface area (Å²) in [6, 6.07) is 0. The van der Waals surface area contributed by atoms with Crippen LogP contribution in [0.3, 0.4) is 0 Å². The zero-order valence-corrected chi connectivity index (χ0v) is 9.10. The van der Waals surface area contributed by atoms with Gasteiger partial charge in [-0.05, 0) is 19.8 Å². The van der Waals surface area contributed by atoms with Gasteiger partial charge in [0.15, 0.2) is 0 Å². The van der Waals surface area contributed by atoms with Gasteiger partial charge in [-0.15, -0.1) is 6.58 Å². The van der Waals surface area contributed by atoms with Crippen LogP contribution in [0, 0.1) is 5.92 Å². The molecule has 0 radical (unpaired) electrons. The van der Waals surface area contributed by atoms with Gasteiger partial charge in [0.1, 0.15) is 5.92 Å². The fourth-order valence-electron chi connectivity index (χ4n) is 1.10. The van der Waals surface area contributed by atoms with Gasteiger partial charge < -0.3 is 4.74 Å². The van der Waals surface area contributed by atoms with Gasteiger partial charge in [0, 0.05) is 7.05 Å². The minimum atomic E-state index is -0.946. The van der Waals surface area contributed by atoms with Crippen LogP contribution in [-0.4, -0.2) is 35.8 Å². The highest BCUT2D eigenvalue weighted by molar-refractivity contribution is 5.97. The van der Waals surface area contributed by atoms with Crippen molar-refractivity contribution in [1.29, 1.82) is 0 Å². The van der Waals surface area contributed by atoms with E-state index in [4.69, 9.17) is 9.94 Å². The van der Waals surface area contributed by atoms with Gasteiger partial charge in [-0.3, -0.25) is 14.8 Å². The fraction of sp³-hybridized carbons (Fsp3) is 0.600. The molecular weight excluding hydrogens is 198 g/mol. The number of ether oxygens (including phenoxy) is 1. The topological polar surface area (TPSA) is 66.8 Å². The molecule has 1 atom stereocenters.